The van der Waals surface area contributed by atoms with E-state index in [1.807, 2.05) is 26.0 Å². The Morgan fingerprint density at radius 3 is 2.31 bits per heavy atom. The van der Waals surface area contributed by atoms with Gasteiger partial charge >= 0.3 is 5.97 Å². The summed E-state index contributed by atoms with van der Waals surface area (Å²) in [5.74, 6) is -1.55. The molecule has 186 valence electrons. The summed E-state index contributed by atoms with van der Waals surface area (Å²) in [4.78, 5) is 52.9. The number of imide groups is 1. The van der Waals surface area contributed by atoms with Gasteiger partial charge in [-0.2, -0.15) is 0 Å². The molecule has 1 aliphatic rings. The summed E-state index contributed by atoms with van der Waals surface area (Å²) in [7, 11) is 0. The number of aryl methyl sites for hydroxylation is 1. The Labute approximate surface area is 217 Å². The highest BCUT2D eigenvalue weighted by molar-refractivity contribution is 7.80. The summed E-state index contributed by atoms with van der Waals surface area (Å²) >= 11 is 6.61. The van der Waals surface area contributed by atoms with Crippen LogP contribution < -0.4 is 10.6 Å². The third-order valence-electron chi connectivity index (χ3n) is 5.99. The SMILES string of the molecule is CCOC(=O)c1c(NC(=S)NC(=O)CCCN2C(=O)c3cccc4cccc(c34)C2=O)sc(C)c1C. The first-order valence-corrected chi connectivity index (χ1v) is 12.7. The summed E-state index contributed by atoms with van der Waals surface area (Å²) in [6.45, 7) is 5.79. The molecular formula is C26H25N3O5S2. The predicted molar refractivity (Wildman–Crippen MR) is 143 cm³/mol. The van der Waals surface area contributed by atoms with Crippen LogP contribution in [0.2, 0.25) is 0 Å². The van der Waals surface area contributed by atoms with Gasteiger partial charge in [-0.05, 0) is 62.5 Å². The molecule has 0 radical (unpaired) electrons. The smallest absolute Gasteiger partial charge is 0.341 e. The van der Waals surface area contributed by atoms with Crippen molar-refractivity contribution in [3.8, 4) is 0 Å². The van der Waals surface area contributed by atoms with Gasteiger partial charge in [0.1, 0.15) is 5.00 Å². The summed E-state index contributed by atoms with van der Waals surface area (Å²) in [5, 5.41) is 7.58. The van der Waals surface area contributed by atoms with E-state index in [-0.39, 0.29) is 48.8 Å². The number of esters is 1. The Hall–Kier alpha value is -3.63. The van der Waals surface area contributed by atoms with Crippen LogP contribution >= 0.6 is 23.6 Å². The molecule has 0 fully saturated rings. The maximum atomic E-state index is 13.0. The molecular weight excluding hydrogens is 498 g/mol. The molecule has 0 bridgehead atoms. The number of hydrogen-bond acceptors (Lipinski definition) is 7. The Morgan fingerprint density at radius 2 is 1.69 bits per heavy atom. The highest BCUT2D eigenvalue weighted by Crippen LogP contribution is 2.33. The van der Waals surface area contributed by atoms with Gasteiger partial charge in [-0.15, -0.1) is 11.3 Å². The predicted octanol–water partition coefficient (Wildman–Crippen LogP) is 4.58. The third-order valence-corrected chi connectivity index (χ3v) is 7.31. The molecule has 2 N–H and O–H groups in total. The van der Waals surface area contributed by atoms with Gasteiger partial charge in [0.25, 0.3) is 11.8 Å². The number of carbonyl (C=O) groups is 4. The van der Waals surface area contributed by atoms with Crippen molar-refractivity contribution in [1.29, 1.82) is 0 Å². The molecule has 0 spiro atoms. The average Bonchev–Trinajstić information content (AvgIpc) is 3.12. The molecule has 0 unspecified atom stereocenters. The second kappa shape index (κ2) is 10.5. The summed E-state index contributed by atoms with van der Waals surface area (Å²) in [6.07, 6.45) is 0.327. The number of thiophene rings is 1. The van der Waals surface area contributed by atoms with Crippen LogP contribution in [-0.2, 0) is 9.53 Å². The van der Waals surface area contributed by atoms with Crippen LogP contribution in [-0.4, -0.2) is 46.9 Å². The first-order chi connectivity index (χ1) is 17.2. The van der Waals surface area contributed by atoms with Crippen molar-refractivity contribution in [2.75, 3.05) is 18.5 Å². The minimum absolute atomic E-state index is 0.0533. The Morgan fingerprint density at radius 1 is 1.06 bits per heavy atom. The standard InChI is InChI=1S/C26H25N3O5S2/c1-4-34-25(33)20-14(2)15(3)36-22(20)28-26(35)27-19(30)12-7-13-29-23(31)17-10-5-8-16-9-6-11-18(21(16)17)24(29)32/h5-6,8-11H,4,7,12-13H2,1-3H3,(H2,27,28,30,35). The van der Waals surface area contributed by atoms with E-state index in [0.29, 0.717) is 27.1 Å². The number of carbonyl (C=O) groups excluding carboxylic acids is 4. The lowest BCUT2D eigenvalue weighted by Crippen LogP contribution is -2.41. The van der Waals surface area contributed by atoms with Crippen molar-refractivity contribution in [1.82, 2.24) is 10.2 Å². The minimum atomic E-state index is -0.455. The van der Waals surface area contributed by atoms with Gasteiger partial charge < -0.3 is 15.4 Å². The fraction of sp³-hybridized carbons (Fsp3) is 0.269. The highest BCUT2D eigenvalue weighted by atomic mass is 32.1. The van der Waals surface area contributed by atoms with E-state index in [2.05, 4.69) is 10.6 Å². The lowest BCUT2D eigenvalue weighted by atomic mass is 9.94. The quantitative estimate of drug-likeness (QED) is 0.265. The first kappa shape index (κ1) is 25.5. The number of anilines is 1. The molecule has 0 atom stereocenters. The zero-order valence-electron chi connectivity index (χ0n) is 20.1. The molecule has 2 aromatic carbocycles. The van der Waals surface area contributed by atoms with Crippen molar-refractivity contribution < 1.29 is 23.9 Å². The van der Waals surface area contributed by atoms with E-state index in [1.54, 1.807) is 31.2 Å². The van der Waals surface area contributed by atoms with E-state index in [0.717, 1.165) is 15.8 Å². The van der Waals surface area contributed by atoms with Gasteiger partial charge in [0, 0.05) is 34.4 Å². The van der Waals surface area contributed by atoms with Crippen LogP contribution in [0.5, 0.6) is 0 Å². The van der Waals surface area contributed by atoms with E-state index >= 15 is 0 Å². The van der Waals surface area contributed by atoms with Gasteiger partial charge in [0.2, 0.25) is 5.91 Å². The van der Waals surface area contributed by atoms with Crippen molar-refractivity contribution in [2.24, 2.45) is 0 Å². The normalized spacial score (nSPS) is 12.6. The molecule has 4 rings (SSSR count). The highest BCUT2D eigenvalue weighted by Gasteiger charge is 2.32. The Bertz CT molecular complexity index is 1360. The Balaban J connectivity index is 1.35. The van der Waals surface area contributed by atoms with Gasteiger partial charge in [0.05, 0.1) is 12.2 Å². The number of nitrogens with zero attached hydrogens (tertiary/aromatic N) is 1. The maximum Gasteiger partial charge on any atom is 0.341 e. The second-order valence-electron chi connectivity index (χ2n) is 8.28. The fourth-order valence-corrected chi connectivity index (χ4v) is 5.50. The number of hydrogen-bond donors (Lipinski definition) is 2. The van der Waals surface area contributed by atoms with Gasteiger partial charge in [0.15, 0.2) is 5.11 Å². The van der Waals surface area contributed by atoms with Gasteiger partial charge in [-0.1, -0.05) is 24.3 Å². The van der Waals surface area contributed by atoms with Crippen LogP contribution in [0.1, 0.15) is 61.3 Å². The third kappa shape index (κ3) is 4.87. The first-order valence-electron chi connectivity index (χ1n) is 11.5. The average molecular weight is 524 g/mol. The maximum absolute atomic E-state index is 13.0. The molecule has 8 nitrogen and oxygen atoms in total. The zero-order chi connectivity index (χ0) is 26.0. The molecule has 0 saturated carbocycles. The van der Waals surface area contributed by atoms with Crippen LogP contribution in [0.4, 0.5) is 5.00 Å². The van der Waals surface area contributed by atoms with Crippen LogP contribution in [0.25, 0.3) is 10.8 Å². The topological polar surface area (TPSA) is 105 Å². The van der Waals surface area contributed by atoms with Gasteiger partial charge in [-0.3, -0.25) is 19.3 Å². The summed E-state index contributed by atoms with van der Waals surface area (Å²) in [5.41, 5.74) is 2.16. The number of thiocarbonyl (C=S) groups is 1. The number of rotatable bonds is 7. The second-order valence-corrected chi connectivity index (χ2v) is 9.92. The summed E-state index contributed by atoms with van der Waals surface area (Å²) in [6, 6.07) is 10.7. The van der Waals surface area contributed by atoms with Crippen LogP contribution in [0.15, 0.2) is 36.4 Å². The molecule has 36 heavy (non-hydrogen) atoms. The van der Waals surface area contributed by atoms with Crippen molar-refractivity contribution in [3.63, 3.8) is 0 Å². The van der Waals surface area contributed by atoms with Crippen molar-refractivity contribution in [3.05, 3.63) is 63.5 Å². The van der Waals surface area contributed by atoms with E-state index in [9.17, 15) is 19.2 Å². The number of nitrogens with one attached hydrogen (secondary N) is 2. The summed E-state index contributed by atoms with van der Waals surface area (Å²) < 4.78 is 5.13. The van der Waals surface area contributed by atoms with Crippen LogP contribution in [0.3, 0.4) is 0 Å². The number of amides is 3. The van der Waals surface area contributed by atoms with E-state index in [4.69, 9.17) is 17.0 Å². The van der Waals surface area contributed by atoms with Crippen molar-refractivity contribution >= 4 is 68.1 Å². The monoisotopic (exact) mass is 523 g/mol. The minimum Gasteiger partial charge on any atom is -0.462 e. The van der Waals surface area contributed by atoms with Crippen molar-refractivity contribution in [2.45, 2.75) is 33.6 Å². The molecule has 0 aliphatic carbocycles. The Kier molecular flexibility index (Phi) is 7.46. The molecule has 10 heteroatoms. The number of ether oxygens (including phenoxy) is 1. The van der Waals surface area contributed by atoms with E-state index in [1.165, 1.54) is 16.2 Å². The molecule has 3 aromatic rings. The number of benzene rings is 2. The van der Waals surface area contributed by atoms with Crippen LogP contribution in [0, 0.1) is 13.8 Å². The largest absolute Gasteiger partial charge is 0.462 e. The lowest BCUT2D eigenvalue weighted by Gasteiger charge is -2.27. The molecule has 0 saturated heterocycles. The lowest BCUT2D eigenvalue weighted by molar-refractivity contribution is -0.119. The fourth-order valence-electron chi connectivity index (χ4n) is 4.17. The molecule has 2 heterocycles. The molecule has 3 amide bonds. The van der Waals surface area contributed by atoms with Gasteiger partial charge in [-0.25, -0.2) is 4.79 Å². The molecule has 1 aromatic heterocycles. The zero-order valence-corrected chi connectivity index (χ0v) is 21.7. The molecule has 1 aliphatic heterocycles. The van der Waals surface area contributed by atoms with E-state index < -0.39 is 5.97 Å².